The number of allylic oxidation sites excluding steroid dienone is 1. The molecule has 0 spiro atoms. The van der Waals surface area contributed by atoms with Crippen LogP contribution in [0.3, 0.4) is 0 Å². The maximum Gasteiger partial charge on any atom is 0.306 e. The quantitative estimate of drug-likeness (QED) is 0.606. The van der Waals surface area contributed by atoms with Crippen LogP contribution in [0.15, 0.2) is 29.3 Å². The predicted molar refractivity (Wildman–Crippen MR) is 96.8 cm³/mol. The Morgan fingerprint density at radius 3 is 3.00 bits per heavy atom. The van der Waals surface area contributed by atoms with E-state index in [1.807, 2.05) is 6.08 Å². The summed E-state index contributed by atoms with van der Waals surface area (Å²) in [5.41, 5.74) is 4.70. The number of aryl methyl sites for hydroxylation is 2. The Morgan fingerprint density at radius 1 is 1.52 bits per heavy atom. The van der Waals surface area contributed by atoms with Crippen LogP contribution in [0, 0.1) is 6.92 Å². The van der Waals surface area contributed by atoms with Crippen molar-refractivity contribution in [2.24, 2.45) is 0 Å². The van der Waals surface area contributed by atoms with E-state index in [2.05, 4.69) is 46.5 Å². The van der Waals surface area contributed by atoms with Gasteiger partial charge in [-0.25, -0.2) is 0 Å². The molecule has 1 aliphatic rings. The average molecular weight is 376 g/mol. The van der Waals surface area contributed by atoms with Gasteiger partial charge >= 0.3 is 5.97 Å². The van der Waals surface area contributed by atoms with E-state index in [9.17, 15) is 4.79 Å². The summed E-state index contributed by atoms with van der Waals surface area (Å²) in [6.45, 7) is 6.04. The van der Waals surface area contributed by atoms with Crippen LogP contribution in [0.1, 0.15) is 42.5 Å². The van der Waals surface area contributed by atoms with Crippen molar-refractivity contribution >= 4 is 32.8 Å². The van der Waals surface area contributed by atoms with Gasteiger partial charge in [0.15, 0.2) is 0 Å². The van der Waals surface area contributed by atoms with Crippen LogP contribution in [0.5, 0.6) is 0 Å². The molecule has 0 fully saturated rings. The van der Waals surface area contributed by atoms with E-state index in [1.165, 1.54) is 34.8 Å². The molecule has 0 bridgehead atoms. The molecule has 3 rings (SSSR count). The number of carbonyl (C=O) groups excluding carboxylic acids is 1. The molecule has 23 heavy (non-hydrogen) atoms. The average Bonchev–Trinajstić information content (AvgIpc) is 2.94. The molecule has 1 unspecified atom stereocenters. The van der Waals surface area contributed by atoms with Gasteiger partial charge in [-0.1, -0.05) is 28.1 Å². The van der Waals surface area contributed by atoms with Gasteiger partial charge in [0.1, 0.15) is 0 Å². The molecule has 1 heterocycles. The fraction of sp³-hybridized carbons (Fsp3) is 0.421. The molecule has 2 aromatic rings. The summed E-state index contributed by atoms with van der Waals surface area (Å²) in [6.07, 6.45) is 6.18. The third-order valence-corrected chi connectivity index (χ3v) is 5.74. The second-order valence-electron chi connectivity index (χ2n) is 6.47. The third-order valence-electron chi connectivity index (χ3n) is 5.07. The Bertz CT molecular complexity index is 777. The van der Waals surface area contributed by atoms with Gasteiger partial charge in [0.2, 0.25) is 0 Å². The normalized spacial score (nSPS) is 20.3. The molecule has 0 aliphatic heterocycles. The minimum Gasteiger partial charge on any atom is -0.469 e. The molecule has 1 aliphatic carbocycles. The van der Waals surface area contributed by atoms with E-state index in [0.717, 1.165) is 30.2 Å². The first-order chi connectivity index (χ1) is 11.0. The van der Waals surface area contributed by atoms with Gasteiger partial charge in [-0.15, -0.1) is 6.58 Å². The summed E-state index contributed by atoms with van der Waals surface area (Å²) < 4.78 is 6.08. The second kappa shape index (κ2) is 6.16. The van der Waals surface area contributed by atoms with Crippen molar-refractivity contribution in [3.05, 3.63) is 46.1 Å². The summed E-state index contributed by atoms with van der Waals surface area (Å²) in [7, 11) is 1.46. The lowest BCUT2D eigenvalue weighted by molar-refractivity contribution is -0.142. The van der Waals surface area contributed by atoms with Gasteiger partial charge in [-0.3, -0.25) is 4.79 Å². The highest BCUT2D eigenvalue weighted by molar-refractivity contribution is 9.10. The SMILES string of the molecule is C=CCC1(CC(=O)OC)CCCc2c1[nH]c1c(C)ccc(Br)c21. The monoisotopic (exact) mass is 375 g/mol. The van der Waals surface area contributed by atoms with Crippen molar-refractivity contribution in [1.29, 1.82) is 0 Å². The largest absolute Gasteiger partial charge is 0.469 e. The van der Waals surface area contributed by atoms with Crippen molar-refractivity contribution in [3.8, 4) is 0 Å². The highest BCUT2D eigenvalue weighted by Crippen LogP contribution is 2.47. The molecule has 1 aromatic carbocycles. The first-order valence-corrected chi connectivity index (χ1v) is 8.79. The third kappa shape index (κ3) is 2.63. The molecule has 0 amide bonds. The number of fused-ring (bicyclic) bond motifs is 3. The zero-order valence-corrected chi connectivity index (χ0v) is 15.3. The van der Waals surface area contributed by atoms with Gasteiger partial charge in [-0.05, 0) is 49.8 Å². The molecular formula is C19H22BrNO2. The Hall–Kier alpha value is -1.55. The van der Waals surface area contributed by atoms with E-state index in [-0.39, 0.29) is 11.4 Å². The number of methoxy groups -OCH3 is 1. The predicted octanol–water partition coefficient (Wildman–Crippen LogP) is 4.95. The molecule has 122 valence electrons. The fourth-order valence-electron chi connectivity index (χ4n) is 3.97. The molecule has 3 nitrogen and oxygen atoms in total. The van der Waals surface area contributed by atoms with Gasteiger partial charge < -0.3 is 9.72 Å². The zero-order chi connectivity index (χ0) is 16.6. The summed E-state index contributed by atoms with van der Waals surface area (Å²) >= 11 is 3.70. The summed E-state index contributed by atoms with van der Waals surface area (Å²) in [4.78, 5) is 15.7. The number of nitrogens with one attached hydrogen (secondary N) is 1. The first kappa shape index (κ1) is 16.3. The number of carbonyl (C=O) groups is 1. The Morgan fingerprint density at radius 2 is 2.30 bits per heavy atom. The number of aromatic amines is 1. The standard InChI is InChI=1S/C19H22BrNO2/c1-4-9-19(11-15(22)23-3)10-5-6-13-16-14(20)8-7-12(2)17(16)21-18(13)19/h4,7-8,21H,1,5-6,9-11H2,2-3H3. The van der Waals surface area contributed by atoms with Crippen LogP contribution in [-0.2, 0) is 21.4 Å². The molecule has 1 atom stereocenters. The van der Waals surface area contributed by atoms with Gasteiger partial charge in [0.25, 0.3) is 0 Å². The van der Waals surface area contributed by atoms with Crippen molar-refractivity contribution in [2.45, 2.75) is 44.4 Å². The molecule has 0 saturated heterocycles. The number of rotatable bonds is 4. The Labute approximate surface area is 145 Å². The minimum absolute atomic E-state index is 0.158. The van der Waals surface area contributed by atoms with Crippen LogP contribution >= 0.6 is 15.9 Å². The van der Waals surface area contributed by atoms with Crippen LogP contribution in [-0.4, -0.2) is 18.1 Å². The van der Waals surface area contributed by atoms with Crippen molar-refractivity contribution in [3.63, 3.8) is 0 Å². The maximum absolute atomic E-state index is 12.0. The topological polar surface area (TPSA) is 42.1 Å². The van der Waals surface area contributed by atoms with Gasteiger partial charge in [0.05, 0.1) is 13.5 Å². The van der Waals surface area contributed by atoms with Crippen molar-refractivity contribution < 1.29 is 9.53 Å². The molecule has 1 aromatic heterocycles. The van der Waals surface area contributed by atoms with E-state index in [1.54, 1.807) is 0 Å². The molecule has 4 heteroatoms. The van der Waals surface area contributed by atoms with Crippen molar-refractivity contribution in [2.75, 3.05) is 7.11 Å². The number of ether oxygens (including phenoxy) is 1. The van der Waals surface area contributed by atoms with Gasteiger partial charge in [-0.2, -0.15) is 0 Å². The molecular weight excluding hydrogens is 354 g/mol. The molecule has 0 saturated carbocycles. The molecule has 0 radical (unpaired) electrons. The number of H-pyrrole nitrogens is 1. The highest BCUT2D eigenvalue weighted by atomic mass is 79.9. The zero-order valence-electron chi connectivity index (χ0n) is 13.7. The lowest BCUT2D eigenvalue weighted by Crippen LogP contribution is -2.33. The minimum atomic E-state index is -0.229. The summed E-state index contributed by atoms with van der Waals surface area (Å²) in [5.74, 6) is -0.158. The Kier molecular flexibility index (Phi) is 4.37. The van der Waals surface area contributed by atoms with E-state index >= 15 is 0 Å². The number of hydrogen-bond donors (Lipinski definition) is 1. The van der Waals surface area contributed by atoms with E-state index in [4.69, 9.17) is 4.74 Å². The Balaban J connectivity index is 2.24. The smallest absolute Gasteiger partial charge is 0.306 e. The number of esters is 1. The molecule has 1 N–H and O–H groups in total. The number of aromatic nitrogens is 1. The van der Waals surface area contributed by atoms with Crippen LogP contribution in [0.25, 0.3) is 10.9 Å². The van der Waals surface area contributed by atoms with Crippen LogP contribution in [0.4, 0.5) is 0 Å². The maximum atomic E-state index is 12.0. The summed E-state index contributed by atoms with van der Waals surface area (Å²) in [6, 6.07) is 4.22. The number of halogens is 1. The highest BCUT2D eigenvalue weighted by Gasteiger charge is 2.40. The lowest BCUT2D eigenvalue weighted by atomic mass is 9.69. The van der Waals surface area contributed by atoms with Gasteiger partial charge in [0, 0.05) is 26.5 Å². The fourth-order valence-corrected chi connectivity index (χ4v) is 4.54. The second-order valence-corrected chi connectivity index (χ2v) is 7.33. The van der Waals surface area contributed by atoms with Crippen LogP contribution < -0.4 is 0 Å². The van der Waals surface area contributed by atoms with E-state index < -0.39 is 0 Å². The van der Waals surface area contributed by atoms with Crippen molar-refractivity contribution in [1.82, 2.24) is 4.98 Å². The first-order valence-electron chi connectivity index (χ1n) is 8.00. The number of benzene rings is 1. The summed E-state index contributed by atoms with van der Waals surface area (Å²) in [5, 5.41) is 1.26. The van der Waals surface area contributed by atoms with E-state index in [0.29, 0.717) is 6.42 Å². The number of hydrogen-bond acceptors (Lipinski definition) is 2. The van der Waals surface area contributed by atoms with Crippen LogP contribution in [0.2, 0.25) is 0 Å². The lowest BCUT2D eigenvalue weighted by Gasteiger charge is -2.36.